The van der Waals surface area contributed by atoms with Crippen LogP contribution >= 0.6 is 23.4 Å². The molecule has 0 atom stereocenters. The van der Waals surface area contributed by atoms with E-state index in [0.29, 0.717) is 22.0 Å². The zero-order valence-corrected chi connectivity index (χ0v) is 19.0. The molecule has 4 aromatic rings. The van der Waals surface area contributed by atoms with E-state index in [1.54, 1.807) is 12.1 Å². The molecule has 6 heteroatoms. The Hall–Kier alpha value is -3.28. The lowest BCUT2D eigenvalue weighted by Gasteiger charge is -2.10. The molecule has 0 saturated carbocycles. The van der Waals surface area contributed by atoms with Gasteiger partial charge in [-0.3, -0.25) is 9.59 Å². The molecule has 0 spiro atoms. The monoisotopic (exact) mass is 460 g/mol. The number of amides is 2. The number of carbonyl (C=O) groups is 2. The molecular weight excluding hydrogens is 440 g/mol. The van der Waals surface area contributed by atoms with Crippen LogP contribution in [-0.4, -0.2) is 17.6 Å². The summed E-state index contributed by atoms with van der Waals surface area (Å²) in [5.74, 6) is -0.0494. The van der Waals surface area contributed by atoms with Crippen LogP contribution in [0.5, 0.6) is 0 Å². The Morgan fingerprint density at radius 3 is 2.47 bits per heavy atom. The van der Waals surface area contributed by atoms with E-state index >= 15 is 0 Å². The first-order chi connectivity index (χ1) is 15.5. The molecule has 4 rings (SSSR count). The van der Waals surface area contributed by atoms with Crippen LogP contribution in [0.25, 0.3) is 10.8 Å². The van der Waals surface area contributed by atoms with Crippen LogP contribution in [0.1, 0.15) is 15.9 Å². The van der Waals surface area contributed by atoms with Crippen LogP contribution in [0.15, 0.2) is 89.8 Å². The van der Waals surface area contributed by atoms with Crippen LogP contribution < -0.4 is 10.6 Å². The highest BCUT2D eigenvalue weighted by Gasteiger charge is 2.10. The predicted octanol–water partition coefficient (Wildman–Crippen LogP) is 6.78. The molecule has 0 aliphatic carbocycles. The van der Waals surface area contributed by atoms with E-state index in [-0.39, 0.29) is 17.6 Å². The van der Waals surface area contributed by atoms with Gasteiger partial charge < -0.3 is 10.6 Å². The highest BCUT2D eigenvalue weighted by Crippen LogP contribution is 2.25. The number of benzene rings is 4. The molecule has 0 radical (unpaired) electrons. The zero-order valence-electron chi connectivity index (χ0n) is 17.4. The van der Waals surface area contributed by atoms with E-state index in [0.717, 1.165) is 21.2 Å². The first-order valence-corrected chi connectivity index (χ1v) is 11.4. The molecule has 0 aromatic heterocycles. The summed E-state index contributed by atoms with van der Waals surface area (Å²) in [5.41, 5.74) is 2.82. The van der Waals surface area contributed by atoms with Crippen LogP contribution in [0.3, 0.4) is 0 Å². The third kappa shape index (κ3) is 5.31. The van der Waals surface area contributed by atoms with Crippen molar-refractivity contribution in [2.75, 3.05) is 16.4 Å². The zero-order chi connectivity index (χ0) is 22.5. The Kier molecular flexibility index (Phi) is 6.78. The highest BCUT2D eigenvalue weighted by molar-refractivity contribution is 8.00. The van der Waals surface area contributed by atoms with Gasteiger partial charge in [0.1, 0.15) is 0 Å². The summed E-state index contributed by atoms with van der Waals surface area (Å²) in [4.78, 5) is 26.0. The summed E-state index contributed by atoms with van der Waals surface area (Å²) >= 11 is 7.51. The lowest BCUT2D eigenvalue weighted by molar-refractivity contribution is -0.113. The number of hydrogen-bond donors (Lipinski definition) is 2. The lowest BCUT2D eigenvalue weighted by atomic mass is 10.1. The second-order valence-corrected chi connectivity index (χ2v) is 8.75. The van der Waals surface area contributed by atoms with E-state index in [1.807, 2.05) is 79.7 Å². The van der Waals surface area contributed by atoms with E-state index in [4.69, 9.17) is 11.6 Å². The minimum atomic E-state index is -0.174. The quantitative estimate of drug-likeness (QED) is 0.311. The maximum absolute atomic E-state index is 12.7. The number of anilines is 2. The summed E-state index contributed by atoms with van der Waals surface area (Å²) in [7, 11) is 0. The molecule has 32 heavy (non-hydrogen) atoms. The molecule has 0 heterocycles. The molecule has 4 aromatic carbocycles. The van der Waals surface area contributed by atoms with Gasteiger partial charge >= 0.3 is 0 Å². The van der Waals surface area contributed by atoms with E-state index in [2.05, 4.69) is 10.6 Å². The molecule has 2 amide bonds. The summed E-state index contributed by atoms with van der Waals surface area (Å²) in [5, 5.41) is 8.55. The molecule has 0 bridgehead atoms. The number of fused-ring (bicyclic) bond motifs is 1. The summed E-state index contributed by atoms with van der Waals surface area (Å²) < 4.78 is 0. The number of rotatable bonds is 6. The number of nitrogens with one attached hydrogen (secondary N) is 2. The average molecular weight is 461 g/mol. The molecule has 0 fully saturated rings. The van der Waals surface area contributed by atoms with Crippen molar-refractivity contribution in [2.24, 2.45) is 0 Å². The van der Waals surface area contributed by atoms with Crippen molar-refractivity contribution in [1.82, 2.24) is 0 Å². The summed E-state index contributed by atoms with van der Waals surface area (Å²) in [6, 6.07) is 26.5. The van der Waals surface area contributed by atoms with Crippen molar-refractivity contribution >= 4 is 57.3 Å². The molecule has 0 aliphatic rings. The number of thioether (sulfide) groups is 1. The Bertz CT molecular complexity index is 1310. The topological polar surface area (TPSA) is 58.2 Å². The van der Waals surface area contributed by atoms with Crippen molar-refractivity contribution < 1.29 is 9.59 Å². The first kappa shape index (κ1) is 21.9. The van der Waals surface area contributed by atoms with Crippen LogP contribution in [-0.2, 0) is 4.79 Å². The molecular formula is C26H21ClN2O2S. The van der Waals surface area contributed by atoms with Gasteiger partial charge in [0.05, 0.1) is 5.75 Å². The van der Waals surface area contributed by atoms with Crippen LogP contribution in [0, 0.1) is 6.92 Å². The maximum atomic E-state index is 12.7. The minimum Gasteiger partial charge on any atom is -0.325 e. The SMILES string of the molecule is Cc1c(Cl)cccc1NC(=O)CSc1cccc(NC(=O)c2ccc3ccccc3c2)c1. The van der Waals surface area contributed by atoms with Crippen LogP contribution in [0.4, 0.5) is 11.4 Å². The third-order valence-electron chi connectivity index (χ3n) is 5.02. The fourth-order valence-electron chi connectivity index (χ4n) is 3.28. The number of halogens is 1. The summed E-state index contributed by atoms with van der Waals surface area (Å²) in [6.45, 7) is 1.87. The smallest absolute Gasteiger partial charge is 0.255 e. The minimum absolute atomic E-state index is 0.119. The van der Waals surface area contributed by atoms with Gasteiger partial charge in [-0.1, -0.05) is 54.1 Å². The van der Waals surface area contributed by atoms with Gasteiger partial charge in [-0.25, -0.2) is 0 Å². The molecule has 0 saturated heterocycles. The van der Waals surface area contributed by atoms with Gasteiger partial charge in [0, 0.05) is 26.9 Å². The number of carbonyl (C=O) groups excluding carboxylic acids is 2. The average Bonchev–Trinajstić information content (AvgIpc) is 2.80. The van der Waals surface area contributed by atoms with E-state index in [1.165, 1.54) is 11.8 Å². The summed E-state index contributed by atoms with van der Waals surface area (Å²) in [6.07, 6.45) is 0. The van der Waals surface area contributed by atoms with Crippen molar-refractivity contribution in [3.63, 3.8) is 0 Å². The molecule has 0 aliphatic heterocycles. The van der Waals surface area contributed by atoms with Crippen molar-refractivity contribution in [3.8, 4) is 0 Å². The second kappa shape index (κ2) is 9.90. The normalized spacial score (nSPS) is 10.7. The molecule has 160 valence electrons. The first-order valence-electron chi connectivity index (χ1n) is 10.1. The standard InChI is InChI=1S/C26H21ClN2O2S/c1-17-23(27)10-5-11-24(17)29-25(30)16-32-22-9-4-8-21(15-22)28-26(31)20-13-12-18-6-2-3-7-19(18)14-20/h2-15H,16H2,1H3,(H,28,31)(H,29,30). The maximum Gasteiger partial charge on any atom is 0.255 e. The van der Waals surface area contributed by atoms with E-state index < -0.39 is 0 Å². The largest absolute Gasteiger partial charge is 0.325 e. The van der Waals surface area contributed by atoms with Gasteiger partial charge in [0.15, 0.2) is 0 Å². The van der Waals surface area contributed by atoms with Gasteiger partial charge in [-0.05, 0) is 65.7 Å². The fourth-order valence-corrected chi connectivity index (χ4v) is 4.21. The van der Waals surface area contributed by atoms with Gasteiger partial charge in [0.2, 0.25) is 5.91 Å². The highest BCUT2D eigenvalue weighted by atomic mass is 35.5. The van der Waals surface area contributed by atoms with E-state index in [9.17, 15) is 9.59 Å². The van der Waals surface area contributed by atoms with Gasteiger partial charge in [-0.15, -0.1) is 11.8 Å². The fraction of sp³-hybridized carbons (Fsp3) is 0.0769. The third-order valence-corrected chi connectivity index (χ3v) is 6.42. The number of hydrogen-bond acceptors (Lipinski definition) is 3. The molecule has 4 nitrogen and oxygen atoms in total. The van der Waals surface area contributed by atoms with Crippen molar-refractivity contribution in [2.45, 2.75) is 11.8 Å². The Balaban J connectivity index is 1.38. The van der Waals surface area contributed by atoms with Crippen LogP contribution in [0.2, 0.25) is 5.02 Å². The Morgan fingerprint density at radius 2 is 1.62 bits per heavy atom. The van der Waals surface area contributed by atoms with Crippen molar-refractivity contribution in [3.05, 3.63) is 101 Å². The predicted molar refractivity (Wildman–Crippen MR) is 134 cm³/mol. The lowest BCUT2D eigenvalue weighted by Crippen LogP contribution is -2.15. The molecule has 2 N–H and O–H groups in total. The molecule has 0 unspecified atom stereocenters. The van der Waals surface area contributed by atoms with Gasteiger partial charge in [-0.2, -0.15) is 0 Å². The Labute approximate surface area is 196 Å². The second-order valence-electron chi connectivity index (χ2n) is 7.29. The van der Waals surface area contributed by atoms with Crippen molar-refractivity contribution in [1.29, 1.82) is 0 Å². The Morgan fingerprint density at radius 1 is 0.844 bits per heavy atom. The van der Waals surface area contributed by atoms with Gasteiger partial charge in [0.25, 0.3) is 5.91 Å².